The van der Waals surface area contributed by atoms with Gasteiger partial charge in [0.25, 0.3) is 0 Å². The molecule has 1 atom stereocenters. The van der Waals surface area contributed by atoms with Crippen LogP contribution in [0.4, 0.5) is 0 Å². The third kappa shape index (κ3) is 3.28. The van der Waals surface area contributed by atoms with Crippen molar-refractivity contribution < 1.29 is 4.52 Å². The van der Waals surface area contributed by atoms with Crippen molar-refractivity contribution in [3.8, 4) is 0 Å². The lowest BCUT2D eigenvalue weighted by Gasteiger charge is -2.18. The van der Waals surface area contributed by atoms with E-state index in [2.05, 4.69) is 40.4 Å². The summed E-state index contributed by atoms with van der Waals surface area (Å²) in [4.78, 5) is 2.49. The van der Waals surface area contributed by atoms with Gasteiger partial charge >= 0.3 is 0 Å². The maximum Gasteiger partial charge on any atom is 0.150 e. The predicted molar refractivity (Wildman–Crippen MR) is 79.6 cm³/mol. The second-order valence-corrected chi connectivity index (χ2v) is 5.75. The van der Waals surface area contributed by atoms with E-state index in [4.69, 9.17) is 4.52 Å². The molecule has 0 spiro atoms. The molecule has 1 aliphatic heterocycles. The number of likely N-dealkylation sites (tertiary alicyclic amines) is 1. The van der Waals surface area contributed by atoms with Gasteiger partial charge in [0.2, 0.25) is 0 Å². The van der Waals surface area contributed by atoms with Crippen LogP contribution < -0.4 is 0 Å². The molecule has 1 aromatic heterocycles. The van der Waals surface area contributed by atoms with Crippen molar-refractivity contribution in [2.45, 2.75) is 38.6 Å². The predicted octanol–water partition coefficient (Wildman–Crippen LogP) is 3.75. The molecule has 0 unspecified atom stereocenters. The van der Waals surface area contributed by atoms with Crippen LogP contribution in [0.3, 0.4) is 0 Å². The summed E-state index contributed by atoms with van der Waals surface area (Å²) in [5, 5.41) is 3.97. The van der Waals surface area contributed by atoms with Crippen LogP contribution in [0.1, 0.15) is 42.2 Å². The van der Waals surface area contributed by atoms with Crippen LogP contribution in [0.5, 0.6) is 0 Å². The number of aryl methyl sites for hydroxylation is 1. The molecule has 1 fully saturated rings. The van der Waals surface area contributed by atoms with E-state index < -0.39 is 0 Å². The summed E-state index contributed by atoms with van der Waals surface area (Å²) in [6, 6.07) is 13.0. The van der Waals surface area contributed by atoms with Crippen LogP contribution in [-0.4, -0.2) is 23.1 Å². The Balaban J connectivity index is 1.59. The highest BCUT2D eigenvalue weighted by atomic mass is 16.5. The molecule has 0 aliphatic carbocycles. The highest BCUT2D eigenvalue weighted by molar-refractivity contribution is 5.19. The zero-order chi connectivity index (χ0) is 13.8. The first-order valence-electron chi connectivity index (χ1n) is 7.51. The summed E-state index contributed by atoms with van der Waals surface area (Å²) in [7, 11) is 0. The van der Waals surface area contributed by atoms with E-state index in [-0.39, 0.29) is 0 Å². The highest BCUT2D eigenvalue weighted by Gasteiger charge is 2.19. The Morgan fingerprint density at radius 2 is 2.05 bits per heavy atom. The lowest BCUT2D eigenvalue weighted by Crippen LogP contribution is -2.23. The van der Waals surface area contributed by atoms with Crippen LogP contribution in [0, 0.1) is 6.92 Å². The van der Waals surface area contributed by atoms with Gasteiger partial charge in [-0.3, -0.25) is 4.90 Å². The van der Waals surface area contributed by atoms with Crippen LogP contribution in [-0.2, 0) is 6.54 Å². The minimum atomic E-state index is 0.706. The Hall–Kier alpha value is -1.61. The topological polar surface area (TPSA) is 29.3 Å². The van der Waals surface area contributed by atoms with E-state index in [1.54, 1.807) is 0 Å². The summed E-state index contributed by atoms with van der Waals surface area (Å²) in [6.07, 6.45) is 3.78. The molecular weight excluding hydrogens is 248 g/mol. The molecule has 1 aromatic carbocycles. The molecule has 20 heavy (non-hydrogen) atoms. The van der Waals surface area contributed by atoms with Crippen LogP contribution >= 0.6 is 0 Å². The van der Waals surface area contributed by atoms with Gasteiger partial charge in [-0.2, -0.15) is 0 Å². The number of rotatable bonds is 3. The Bertz CT molecular complexity index is 535. The van der Waals surface area contributed by atoms with Crippen molar-refractivity contribution in [2.75, 3.05) is 13.1 Å². The average molecular weight is 270 g/mol. The molecule has 3 rings (SSSR count). The molecule has 0 saturated carbocycles. The van der Waals surface area contributed by atoms with Crippen molar-refractivity contribution in [3.63, 3.8) is 0 Å². The third-order valence-electron chi connectivity index (χ3n) is 4.15. The first kappa shape index (κ1) is 13.4. The Labute approximate surface area is 120 Å². The molecule has 106 valence electrons. The highest BCUT2D eigenvalue weighted by Crippen LogP contribution is 2.28. The van der Waals surface area contributed by atoms with E-state index in [9.17, 15) is 0 Å². The van der Waals surface area contributed by atoms with Crippen molar-refractivity contribution >= 4 is 0 Å². The largest absolute Gasteiger partial charge is 0.360 e. The molecule has 0 bridgehead atoms. The van der Waals surface area contributed by atoms with Crippen molar-refractivity contribution in [3.05, 3.63) is 53.4 Å². The van der Waals surface area contributed by atoms with Crippen LogP contribution in [0.15, 0.2) is 40.9 Å². The summed E-state index contributed by atoms with van der Waals surface area (Å²) in [6.45, 7) is 5.16. The SMILES string of the molecule is Cc1cc(CN2CCC[C@H](c3ccccc3)CC2)on1. The Morgan fingerprint density at radius 3 is 2.80 bits per heavy atom. The van der Waals surface area contributed by atoms with E-state index in [0.717, 1.165) is 31.1 Å². The molecular formula is C17H22N2O. The normalized spacial score (nSPS) is 20.8. The quantitative estimate of drug-likeness (QED) is 0.850. The average Bonchev–Trinajstić information content (AvgIpc) is 2.74. The second-order valence-electron chi connectivity index (χ2n) is 5.75. The van der Waals surface area contributed by atoms with Gasteiger partial charge in [-0.25, -0.2) is 0 Å². The standard InChI is InChI=1S/C17H22N2O/c1-14-12-17(20-18-14)13-19-10-5-8-16(9-11-19)15-6-3-2-4-7-15/h2-4,6-7,12,16H,5,8-11,13H2,1H3/t16-/m0/s1. The van der Waals surface area contributed by atoms with Gasteiger partial charge in [-0.15, -0.1) is 0 Å². The van der Waals surface area contributed by atoms with Crippen molar-refractivity contribution in [1.29, 1.82) is 0 Å². The van der Waals surface area contributed by atoms with E-state index in [1.165, 1.54) is 24.8 Å². The minimum absolute atomic E-state index is 0.706. The van der Waals surface area contributed by atoms with Gasteiger partial charge in [0, 0.05) is 6.07 Å². The Kier molecular flexibility index (Phi) is 4.16. The fourth-order valence-electron chi connectivity index (χ4n) is 3.08. The number of nitrogens with zero attached hydrogens (tertiary/aromatic N) is 2. The molecule has 1 aliphatic rings. The third-order valence-corrected chi connectivity index (χ3v) is 4.15. The maximum atomic E-state index is 5.33. The molecule has 0 amide bonds. The van der Waals surface area contributed by atoms with Gasteiger partial charge in [0.1, 0.15) is 0 Å². The second kappa shape index (κ2) is 6.23. The summed E-state index contributed by atoms with van der Waals surface area (Å²) in [5.41, 5.74) is 2.46. The van der Waals surface area contributed by atoms with Gasteiger partial charge in [0.05, 0.1) is 12.2 Å². The first-order chi connectivity index (χ1) is 9.81. The summed E-state index contributed by atoms with van der Waals surface area (Å²) in [5.74, 6) is 1.69. The first-order valence-corrected chi connectivity index (χ1v) is 7.51. The number of benzene rings is 1. The zero-order valence-electron chi connectivity index (χ0n) is 12.1. The number of hydrogen-bond donors (Lipinski definition) is 0. The molecule has 3 heteroatoms. The van der Waals surface area contributed by atoms with Gasteiger partial charge in [-0.1, -0.05) is 35.5 Å². The molecule has 0 N–H and O–H groups in total. The monoisotopic (exact) mass is 270 g/mol. The molecule has 2 aromatic rings. The lowest BCUT2D eigenvalue weighted by molar-refractivity contribution is 0.237. The molecule has 3 nitrogen and oxygen atoms in total. The zero-order valence-corrected chi connectivity index (χ0v) is 12.1. The maximum absolute atomic E-state index is 5.33. The molecule has 2 heterocycles. The Morgan fingerprint density at radius 1 is 1.20 bits per heavy atom. The van der Waals surface area contributed by atoms with Gasteiger partial charge in [-0.05, 0) is 50.8 Å². The van der Waals surface area contributed by atoms with Gasteiger partial charge < -0.3 is 4.52 Å². The fraction of sp³-hybridized carbons (Fsp3) is 0.471. The van der Waals surface area contributed by atoms with E-state index in [0.29, 0.717) is 5.92 Å². The van der Waals surface area contributed by atoms with Gasteiger partial charge in [0.15, 0.2) is 5.76 Å². The fourth-order valence-corrected chi connectivity index (χ4v) is 3.08. The van der Waals surface area contributed by atoms with Crippen molar-refractivity contribution in [2.24, 2.45) is 0 Å². The van der Waals surface area contributed by atoms with Crippen LogP contribution in [0.2, 0.25) is 0 Å². The molecule has 1 saturated heterocycles. The molecule has 0 radical (unpaired) electrons. The van der Waals surface area contributed by atoms with E-state index >= 15 is 0 Å². The van der Waals surface area contributed by atoms with Crippen molar-refractivity contribution in [1.82, 2.24) is 10.1 Å². The summed E-state index contributed by atoms with van der Waals surface area (Å²) < 4.78 is 5.33. The smallest absolute Gasteiger partial charge is 0.150 e. The van der Waals surface area contributed by atoms with E-state index in [1.807, 2.05) is 13.0 Å². The van der Waals surface area contributed by atoms with Crippen LogP contribution in [0.25, 0.3) is 0 Å². The minimum Gasteiger partial charge on any atom is -0.360 e. The summed E-state index contributed by atoms with van der Waals surface area (Å²) >= 11 is 0. The lowest BCUT2D eigenvalue weighted by atomic mass is 9.92. The number of aromatic nitrogens is 1. The number of hydrogen-bond acceptors (Lipinski definition) is 3.